The predicted molar refractivity (Wildman–Crippen MR) is 137 cm³/mol. The summed E-state index contributed by atoms with van der Waals surface area (Å²) in [7, 11) is 1.62. The first-order valence-electron chi connectivity index (χ1n) is 11.7. The first-order valence-corrected chi connectivity index (χ1v) is 11.7. The molecule has 1 N–H and O–H groups in total. The Morgan fingerprint density at radius 1 is 0.829 bits per heavy atom. The molecular weight excluding hydrogens is 436 g/mol. The van der Waals surface area contributed by atoms with Gasteiger partial charge in [-0.2, -0.15) is 0 Å². The minimum atomic E-state index is -0.183. The van der Waals surface area contributed by atoms with Crippen molar-refractivity contribution < 1.29 is 14.3 Å². The van der Waals surface area contributed by atoms with Gasteiger partial charge in [0.05, 0.1) is 13.2 Å². The van der Waals surface area contributed by atoms with E-state index >= 15 is 0 Å². The van der Waals surface area contributed by atoms with Crippen LogP contribution in [0.1, 0.15) is 47.6 Å². The Kier molecular flexibility index (Phi) is 8.12. The number of benzene rings is 3. The molecule has 3 aromatic carbocycles. The lowest BCUT2D eigenvalue weighted by Crippen LogP contribution is -2.28. The quantitative estimate of drug-likeness (QED) is 0.308. The maximum Gasteiger partial charge on any atom is 0.221 e. The van der Waals surface area contributed by atoms with Crippen molar-refractivity contribution in [2.24, 2.45) is 0 Å². The summed E-state index contributed by atoms with van der Waals surface area (Å²) in [6.45, 7) is 2.40. The van der Waals surface area contributed by atoms with Gasteiger partial charge in [0.25, 0.3) is 0 Å². The van der Waals surface area contributed by atoms with Crippen molar-refractivity contribution in [2.75, 3.05) is 7.11 Å². The Morgan fingerprint density at radius 3 is 2.06 bits per heavy atom. The first-order chi connectivity index (χ1) is 17.1. The molecule has 1 unspecified atom stereocenters. The molecule has 0 bridgehead atoms. The Balaban J connectivity index is 1.43. The molecule has 0 spiro atoms. The van der Waals surface area contributed by atoms with Crippen LogP contribution >= 0.6 is 0 Å². The third kappa shape index (κ3) is 6.48. The van der Waals surface area contributed by atoms with Gasteiger partial charge in [0.2, 0.25) is 5.91 Å². The molecule has 0 fully saturated rings. The van der Waals surface area contributed by atoms with Crippen molar-refractivity contribution in [3.63, 3.8) is 0 Å². The average molecular weight is 467 g/mol. The highest BCUT2D eigenvalue weighted by atomic mass is 16.5. The van der Waals surface area contributed by atoms with Crippen LogP contribution in [-0.2, 0) is 11.4 Å². The number of carbonyl (C=O) groups is 1. The molecule has 0 aliphatic heterocycles. The van der Waals surface area contributed by atoms with Crippen molar-refractivity contribution >= 4 is 5.91 Å². The van der Waals surface area contributed by atoms with E-state index < -0.39 is 0 Å². The summed E-state index contributed by atoms with van der Waals surface area (Å²) in [6, 6.07) is 29.7. The van der Waals surface area contributed by atoms with Crippen LogP contribution in [0.5, 0.6) is 11.5 Å². The van der Waals surface area contributed by atoms with Gasteiger partial charge >= 0.3 is 0 Å². The molecule has 0 radical (unpaired) electrons. The molecule has 5 nitrogen and oxygen atoms in total. The van der Waals surface area contributed by atoms with E-state index in [0.29, 0.717) is 24.5 Å². The van der Waals surface area contributed by atoms with Crippen molar-refractivity contribution in [1.29, 1.82) is 0 Å². The largest absolute Gasteiger partial charge is 0.493 e. The Morgan fingerprint density at radius 2 is 1.46 bits per heavy atom. The molecule has 4 aromatic rings. The Hall–Kier alpha value is -4.12. The fourth-order valence-corrected chi connectivity index (χ4v) is 4.08. The fourth-order valence-electron chi connectivity index (χ4n) is 4.08. The molecule has 0 saturated heterocycles. The zero-order valence-electron chi connectivity index (χ0n) is 20.1. The van der Waals surface area contributed by atoms with Gasteiger partial charge in [0, 0.05) is 24.7 Å². The molecule has 35 heavy (non-hydrogen) atoms. The first kappa shape index (κ1) is 24.0. The maximum atomic E-state index is 13.1. The normalized spacial score (nSPS) is 11.6. The number of nitrogens with one attached hydrogen (secondary N) is 1. The predicted octanol–water partition coefficient (Wildman–Crippen LogP) is 6.07. The van der Waals surface area contributed by atoms with E-state index in [1.165, 1.54) is 0 Å². The molecule has 1 aromatic heterocycles. The SMILES string of the molecule is COc1cc(C(C)NC(=O)CC(c2ccccc2)c2ccccc2)ccc1OCc1ccncc1. The summed E-state index contributed by atoms with van der Waals surface area (Å²) in [6.07, 6.45) is 3.84. The number of rotatable bonds is 10. The molecule has 1 heterocycles. The molecule has 0 aliphatic rings. The van der Waals surface area contributed by atoms with E-state index in [2.05, 4.69) is 34.6 Å². The number of aromatic nitrogens is 1. The van der Waals surface area contributed by atoms with E-state index in [1.54, 1.807) is 19.5 Å². The molecule has 178 valence electrons. The van der Waals surface area contributed by atoms with E-state index in [0.717, 1.165) is 22.3 Å². The highest BCUT2D eigenvalue weighted by Gasteiger charge is 2.20. The smallest absolute Gasteiger partial charge is 0.221 e. The molecule has 1 amide bonds. The summed E-state index contributed by atoms with van der Waals surface area (Å²) in [5, 5.41) is 3.15. The second kappa shape index (κ2) is 11.8. The lowest BCUT2D eigenvalue weighted by molar-refractivity contribution is -0.121. The summed E-state index contributed by atoms with van der Waals surface area (Å²) in [4.78, 5) is 17.1. The molecule has 1 atom stereocenters. The zero-order valence-corrected chi connectivity index (χ0v) is 20.1. The summed E-state index contributed by atoms with van der Waals surface area (Å²) < 4.78 is 11.5. The monoisotopic (exact) mass is 466 g/mol. The van der Waals surface area contributed by atoms with E-state index in [4.69, 9.17) is 9.47 Å². The number of ether oxygens (including phenoxy) is 2. The Labute approximate surface area is 206 Å². The van der Waals surface area contributed by atoms with Crippen LogP contribution in [0.25, 0.3) is 0 Å². The minimum absolute atomic E-state index is 0.00723. The average Bonchev–Trinajstić information content (AvgIpc) is 2.92. The molecule has 0 aliphatic carbocycles. The number of hydrogen-bond acceptors (Lipinski definition) is 4. The second-order valence-electron chi connectivity index (χ2n) is 8.42. The highest BCUT2D eigenvalue weighted by Crippen LogP contribution is 2.32. The summed E-state index contributed by atoms with van der Waals surface area (Å²) in [5.74, 6) is 1.26. The van der Waals surface area contributed by atoms with E-state index in [1.807, 2.05) is 73.7 Å². The van der Waals surface area contributed by atoms with Crippen molar-refractivity contribution in [3.05, 3.63) is 126 Å². The van der Waals surface area contributed by atoms with Crippen molar-refractivity contribution in [3.8, 4) is 11.5 Å². The Bertz CT molecular complexity index is 1170. The van der Waals surface area contributed by atoms with Gasteiger partial charge in [-0.1, -0.05) is 66.7 Å². The van der Waals surface area contributed by atoms with Crippen molar-refractivity contribution in [1.82, 2.24) is 10.3 Å². The van der Waals surface area contributed by atoms with Gasteiger partial charge in [0.15, 0.2) is 11.5 Å². The second-order valence-corrected chi connectivity index (χ2v) is 8.42. The standard InChI is InChI=1S/C30H30N2O3/c1-22(26-13-14-28(29(19-26)34-2)35-21-23-15-17-31-18-16-23)32-30(33)20-27(24-9-5-3-6-10-24)25-11-7-4-8-12-25/h3-19,22,27H,20-21H2,1-2H3,(H,32,33). The van der Waals surface area contributed by atoms with Gasteiger partial charge in [-0.25, -0.2) is 0 Å². The van der Waals surface area contributed by atoms with E-state index in [9.17, 15) is 4.79 Å². The molecule has 0 saturated carbocycles. The van der Waals surface area contributed by atoms with Gasteiger partial charge in [-0.05, 0) is 53.4 Å². The third-order valence-electron chi connectivity index (χ3n) is 6.00. The fraction of sp³-hybridized carbons (Fsp3) is 0.200. The lowest BCUT2D eigenvalue weighted by Gasteiger charge is -2.21. The van der Waals surface area contributed by atoms with Crippen LogP contribution in [0, 0.1) is 0 Å². The van der Waals surface area contributed by atoms with Gasteiger partial charge < -0.3 is 14.8 Å². The number of amides is 1. The van der Waals surface area contributed by atoms with Crippen LogP contribution in [0.4, 0.5) is 0 Å². The number of nitrogens with zero attached hydrogens (tertiary/aromatic N) is 1. The number of hydrogen-bond donors (Lipinski definition) is 1. The highest BCUT2D eigenvalue weighted by molar-refractivity contribution is 5.78. The third-order valence-corrected chi connectivity index (χ3v) is 6.00. The van der Waals surface area contributed by atoms with Crippen molar-refractivity contribution in [2.45, 2.75) is 31.9 Å². The van der Waals surface area contributed by atoms with Crippen LogP contribution in [-0.4, -0.2) is 18.0 Å². The van der Waals surface area contributed by atoms with Gasteiger partial charge in [-0.15, -0.1) is 0 Å². The van der Waals surface area contributed by atoms with Crippen LogP contribution < -0.4 is 14.8 Å². The van der Waals surface area contributed by atoms with Gasteiger partial charge in [0.1, 0.15) is 6.61 Å². The zero-order chi connectivity index (χ0) is 24.5. The van der Waals surface area contributed by atoms with Gasteiger partial charge in [-0.3, -0.25) is 9.78 Å². The minimum Gasteiger partial charge on any atom is -0.493 e. The summed E-state index contributed by atoms with van der Waals surface area (Å²) in [5.41, 5.74) is 4.22. The lowest BCUT2D eigenvalue weighted by atomic mass is 9.88. The maximum absolute atomic E-state index is 13.1. The number of carbonyl (C=O) groups excluding carboxylic acids is 1. The molecular formula is C30H30N2O3. The molecule has 4 rings (SSSR count). The topological polar surface area (TPSA) is 60.5 Å². The van der Waals surface area contributed by atoms with Crippen LogP contribution in [0.3, 0.4) is 0 Å². The van der Waals surface area contributed by atoms with E-state index in [-0.39, 0.29) is 17.9 Å². The number of methoxy groups -OCH3 is 1. The summed E-state index contributed by atoms with van der Waals surface area (Å²) >= 11 is 0. The van der Waals surface area contributed by atoms with Crippen LogP contribution in [0.2, 0.25) is 0 Å². The number of pyridine rings is 1. The van der Waals surface area contributed by atoms with Crippen LogP contribution in [0.15, 0.2) is 103 Å². The molecule has 5 heteroatoms.